The van der Waals surface area contributed by atoms with Crippen molar-refractivity contribution >= 4 is 5.91 Å². The molecule has 1 aromatic rings. The number of phenolic OH excluding ortho intramolecular Hbond substituents is 2. The molecule has 0 aliphatic carbocycles. The minimum Gasteiger partial charge on any atom is -0.504 e. The van der Waals surface area contributed by atoms with Gasteiger partial charge in [-0.2, -0.15) is 0 Å². The van der Waals surface area contributed by atoms with Gasteiger partial charge >= 0.3 is 0 Å². The number of amides is 1. The normalized spacial score (nSPS) is 12.9. The van der Waals surface area contributed by atoms with Crippen molar-refractivity contribution in [3.05, 3.63) is 23.8 Å². The molecule has 22 heavy (non-hydrogen) atoms. The van der Waals surface area contributed by atoms with Crippen molar-refractivity contribution in [3.8, 4) is 11.5 Å². The molecule has 0 bridgehead atoms. The Morgan fingerprint density at radius 1 is 1.23 bits per heavy atom. The molecule has 0 heterocycles. The first-order valence-electron chi connectivity index (χ1n) is 7.36. The van der Waals surface area contributed by atoms with Gasteiger partial charge in [-0.3, -0.25) is 10.1 Å². The summed E-state index contributed by atoms with van der Waals surface area (Å²) in [6.07, 6.45) is 0.169. The van der Waals surface area contributed by atoms with Gasteiger partial charge in [0.15, 0.2) is 11.5 Å². The molecular weight excluding hydrogens is 284 g/mol. The molecule has 0 fully saturated rings. The predicted octanol–water partition coefficient (Wildman–Crippen LogP) is 1.10. The van der Waals surface area contributed by atoms with E-state index in [1.165, 1.54) is 12.1 Å². The summed E-state index contributed by atoms with van der Waals surface area (Å²) in [5.74, 6) is -0.400. The Kier molecular flexibility index (Phi) is 6.64. The number of nitrogens with one attached hydrogen (secondary N) is 2. The van der Waals surface area contributed by atoms with Crippen LogP contribution in [0.4, 0.5) is 0 Å². The highest BCUT2D eigenvalue weighted by Crippen LogP contribution is 2.24. The van der Waals surface area contributed by atoms with Crippen molar-refractivity contribution in [2.45, 2.75) is 39.8 Å². The molecule has 1 amide bonds. The molecule has 0 aliphatic heterocycles. The highest BCUT2D eigenvalue weighted by atomic mass is 16.3. The van der Waals surface area contributed by atoms with E-state index in [1.54, 1.807) is 6.07 Å². The first-order valence-corrected chi connectivity index (χ1v) is 7.36. The van der Waals surface area contributed by atoms with E-state index in [1.807, 2.05) is 20.8 Å². The maximum absolute atomic E-state index is 11.6. The number of carbonyl (C=O) groups excluding carboxylic acids is 1. The molecule has 0 spiro atoms. The summed E-state index contributed by atoms with van der Waals surface area (Å²) in [4.78, 5) is 11.6. The number of hydrogen-bond acceptors (Lipinski definition) is 5. The zero-order valence-electron chi connectivity index (χ0n) is 13.4. The monoisotopic (exact) mass is 310 g/mol. The SMILES string of the molecule is CC(C)(C)CC(=O)NCC(O)NCCc1ccc(O)c(O)c1. The molecular formula is C16H26N2O4. The van der Waals surface area contributed by atoms with E-state index in [0.717, 1.165) is 5.56 Å². The molecule has 1 unspecified atom stereocenters. The Morgan fingerprint density at radius 3 is 2.50 bits per heavy atom. The Hall–Kier alpha value is -1.79. The summed E-state index contributed by atoms with van der Waals surface area (Å²) < 4.78 is 0. The average molecular weight is 310 g/mol. The predicted molar refractivity (Wildman–Crippen MR) is 84.6 cm³/mol. The fourth-order valence-electron chi connectivity index (χ4n) is 1.93. The van der Waals surface area contributed by atoms with Gasteiger partial charge in [0.05, 0.1) is 6.54 Å². The molecule has 1 aromatic carbocycles. The number of aliphatic hydroxyl groups excluding tert-OH is 1. The highest BCUT2D eigenvalue weighted by Gasteiger charge is 2.16. The van der Waals surface area contributed by atoms with Crippen LogP contribution in [0.5, 0.6) is 11.5 Å². The molecule has 6 nitrogen and oxygen atoms in total. The Labute approximate surface area is 131 Å². The van der Waals surface area contributed by atoms with Gasteiger partial charge in [-0.1, -0.05) is 26.8 Å². The van der Waals surface area contributed by atoms with Crippen molar-refractivity contribution in [2.75, 3.05) is 13.1 Å². The summed E-state index contributed by atoms with van der Waals surface area (Å²) in [5, 5.41) is 33.9. The number of benzene rings is 1. The zero-order chi connectivity index (χ0) is 16.8. The lowest BCUT2D eigenvalue weighted by Gasteiger charge is -2.19. The quantitative estimate of drug-likeness (QED) is 0.383. The van der Waals surface area contributed by atoms with Crippen molar-refractivity contribution in [1.29, 1.82) is 0 Å². The van der Waals surface area contributed by atoms with E-state index in [-0.39, 0.29) is 29.4 Å². The summed E-state index contributed by atoms with van der Waals surface area (Å²) in [7, 11) is 0. The molecule has 0 radical (unpaired) electrons. The molecule has 0 aromatic heterocycles. The Bertz CT molecular complexity index is 497. The van der Waals surface area contributed by atoms with Gasteiger partial charge < -0.3 is 20.6 Å². The summed E-state index contributed by atoms with van der Waals surface area (Å²) in [6, 6.07) is 4.61. The van der Waals surface area contributed by atoms with Crippen LogP contribution in [0.1, 0.15) is 32.8 Å². The highest BCUT2D eigenvalue weighted by molar-refractivity contribution is 5.76. The Morgan fingerprint density at radius 2 is 1.91 bits per heavy atom. The summed E-state index contributed by atoms with van der Waals surface area (Å²) in [5.41, 5.74) is 0.760. The fourth-order valence-corrected chi connectivity index (χ4v) is 1.93. The van der Waals surface area contributed by atoms with E-state index in [4.69, 9.17) is 0 Å². The van der Waals surface area contributed by atoms with E-state index in [0.29, 0.717) is 19.4 Å². The van der Waals surface area contributed by atoms with Gasteiger partial charge in [0, 0.05) is 13.0 Å². The van der Waals surface area contributed by atoms with Crippen LogP contribution in [-0.2, 0) is 11.2 Å². The van der Waals surface area contributed by atoms with Crippen LogP contribution < -0.4 is 10.6 Å². The van der Waals surface area contributed by atoms with Crippen molar-refractivity contribution in [2.24, 2.45) is 5.41 Å². The molecule has 1 rings (SSSR count). The molecule has 0 saturated carbocycles. The maximum Gasteiger partial charge on any atom is 0.220 e. The topological polar surface area (TPSA) is 102 Å². The van der Waals surface area contributed by atoms with Gasteiger partial charge in [0.1, 0.15) is 6.23 Å². The van der Waals surface area contributed by atoms with Crippen LogP contribution >= 0.6 is 0 Å². The molecule has 6 heteroatoms. The van der Waals surface area contributed by atoms with Crippen LogP contribution in [-0.4, -0.2) is 40.5 Å². The van der Waals surface area contributed by atoms with Crippen LogP contribution in [0.25, 0.3) is 0 Å². The number of aliphatic hydroxyl groups is 1. The van der Waals surface area contributed by atoms with Crippen molar-refractivity contribution < 1.29 is 20.1 Å². The number of phenols is 2. The minimum atomic E-state index is -0.824. The van der Waals surface area contributed by atoms with Gasteiger partial charge in [-0.05, 0) is 29.5 Å². The third kappa shape index (κ3) is 7.28. The smallest absolute Gasteiger partial charge is 0.220 e. The Balaban J connectivity index is 2.24. The third-order valence-electron chi connectivity index (χ3n) is 3.02. The first-order chi connectivity index (χ1) is 10.2. The third-order valence-corrected chi connectivity index (χ3v) is 3.02. The van der Waals surface area contributed by atoms with Crippen LogP contribution in [0, 0.1) is 5.41 Å². The average Bonchev–Trinajstić information content (AvgIpc) is 2.38. The molecule has 0 aliphatic rings. The second-order valence-electron chi connectivity index (χ2n) is 6.58. The fraction of sp³-hybridized carbons (Fsp3) is 0.562. The van der Waals surface area contributed by atoms with Crippen molar-refractivity contribution in [1.82, 2.24) is 10.6 Å². The standard InChI is InChI=1S/C16H26N2O4/c1-16(2,3)9-14(21)18-10-15(22)17-7-6-11-4-5-12(19)13(20)8-11/h4-5,8,15,17,19-20,22H,6-7,9-10H2,1-3H3,(H,18,21). The van der Waals surface area contributed by atoms with E-state index in [9.17, 15) is 20.1 Å². The lowest BCUT2D eigenvalue weighted by Crippen LogP contribution is -2.42. The van der Waals surface area contributed by atoms with E-state index < -0.39 is 6.23 Å². The van der Waals surface area contributed by atoms with Crippen LogP contribution in [0.2, 0.25) is 0 Å². The number of rotatable bonds is 7. The minimum absolute atomic E-state index is 0.0800. The lowest BCUT2D eigenvalue weighted by atomic mass is 9.92. The summed E-state index contributed by atoms with van der Waals surface area (Å²) in [6.45, 7) is 6.58. The first kappa shape index (κ1) is 18.3. The van der Waals surface area contributed by atoms with Gasteiger partial charge in [0.25, 0.3) is 0 Å². The molecule has 1 atom stereocenters. The van der Waals surface area contributed by atoms with E-state index in [2.05, 4.69) is 10.6 Å². The van der Waals surface area contributed by atoms with Crippen molar-refractivity contribution in [3.63, 3.8) is 0 Å². The molecule has 124 valence electrons. The zero-order valence-corrected chi connectivity index (χ0v) is 13.4. The molecule has 5 N–H and O–H groups in total. The van der Waals surface area contributed by atoms with Gasteiger partial charge in [0.2, 0.25) is 5.91 Å². The van der Waals surface area contributed by atoms with Gasteiger partial charge in [-0.25, -0.2) is 0 Å². The second-order valence-corrected chi connectivity index (χ2v) is 6.58. The van der Waals surface area contributed by atoms with Crippen LogP contribution in [0.3, 0.4) is 0 Å². The molecule has 0 saturated heterocycles. The lowest BCUT2D eigenvalue weighted by molar-refractivity contribution is -0.123. The summed E-state index contributed by atoms with van der Waals surface area (Å²) >= 11 is 0. The van der Waals surface area contributed by atoms with Crippen LogP contribution in [0.15, 0.2) is 18.2 Å². The number of aromatic hydroxyl groups is 2. The number of hydrogen-bond donors (Lipinski definition) is 5. The second kappa shape index (κ2) is 8.00. The van der Waals surface area contributed by atoms with E-state index >= 15 is 0 Å². The maximum atomic E-state index is 11.6. The largest absolute Gasteiger partial charge is 0.504 e. The van der Waals surface area contributed by atoms with Gasteiger partial charge in [-0.15, -0.1) is 0 Å². The number of carbonyl (C=O) groups is 1.